The second-order valence-corrected chi connectivity index (χ2v) is 6.20. The predicted molar refractivity (Wildman–Crippen MR) is 77.7 cm³/mol. The molecule has 0 heterocycles. The molecule has 1 N–H and O–H groups in total. The molecule has 2 rings (SSSR count). The van der Waals surface area contributed by atoms with Crippen molar-refractivity contribution in [3.05, 3.63) is 34.9 Å². The van der Waals surface area contributed by atoms with Crippen molar-refractivity contribution in [1.82, 2.24) is 5.32 Å². The first-order valence-electron chi connectivity index (χ1n) is 6.53. The van der Waals surface area contributed by atoms with Crippen molar-refractivity contribution in [3.63, 3.8) is 0 Å². The number of thioether (sulfide) groups is 1. The molecule has 1 saturated carbocycles. The summed E-state index contributed by atoms with van der Waals surface area (Å²) in [5, 5.41) is 4.57. The lowest BCUT2D eigenvalue weighted by Gasteiger charge is -2.20. The number of hydrogen-bond acceptors (Lipinski definition) is 2. The van der Waals surface area contributed by atoms with Gasteiger partial charge < -0.3 is 5.32 Å². The van der Waals surface area contributed by atoms with E-state index >= 15 is 0 Å². The average molecular weight is 249 g/mol. The molecule has 94 valence electrons. The minimum absolute atomic E-state index is 0.713. The molecule has 0 amide bonds. The molecule has 1 aliphatic carbocycles. The van der Waals surface area contributed by atoms with Crippen molar-refractivity contribution in [2.24, 2.45) is 0 Å². The molecule has 0 aromatic heterocycles. The van der Waals surface area contributed by atoms with Gasteiger partial charge in [-0.3, -0.25) is 0 Å². The standard InChI is InChI=1S/C15H23NS/c1-11-7-8-12(2)13(9-11)10-16-14-5-4-6-15(14)17-3/h7-9,14-16H,4-6,10H2,1-3H3. The third-order valence-electron chi connectivity index (χ3n) is 3.81. The van der Waals surface area contributed by atoms with Gasteiger partial charge in [0.15, 0.2) is 0 Å². The van der Waals surface area contributed by atoms with Crippen LogP contribution in [0.2, 0.25) is 0 Å². The van der Waals surface area contributed by atoms with E-state index in [1.807, 2.05) is 11.8 Å². The second-order valence-electron chi connectivity index (χ2n) is 5.12. The maximum Gasteiger partial charge on any atom is 0.0211 e. The summed E-state index contributed by atoms with van der Waals surface area (Å²) in [6.07, 6.45) is 6.35. The van der Waals surface area contributed by atoms with Gasteiger partial charge in [-0.05, 0) is 44.1 Å². The molecule has 1 aromatic rings. The van der Waals surface area contributed by atoms with Gasteiger partial charge in [-0.15, -0.1) is 0 Å². The maximum atomic E-state index is 3.75. The van der Waals surface area contributed by atoms with Crippen LogP contribution in [0.5, 0.6) is 0 Å². The van der Waals surface area contributed by atoms with Gasteiger partial charge in [0.1, 0.15) is 0 Å². The Morgan fingerprint density at radius 3 is 2.88 bits per heavy atom. The molecule has 2 unspecified atom stereocenters. The van der Waals surface area contributed by atoms with Gasteiger partial charge in [0.05, 0.1) is 0 Å². The summed E-state index contributed by atoms with van der Waals surface area (Å²) in [6.45, 7) is 5.40. The second kappa shape index (κ2) is 5.92. The molecule has 0 bridgehead atoms. The zero-order valence-electron chi connectivity index (χ0n) is 11.1. The summed E-state index contributed by atoms with van der Waals surface area (Å²) in [6, 6.07) is 7.45. The van der Waals surface area contributed by atoms with Crippen LogP contribution in [0, 0.1) is 13.8 Å². The van der Waals surface area contributed by atoms with Gasteiger partial charge in [0.25, 0.3) is 0 Å². The van der Waals surface area contributed by atoms with Crippen LogP contribution in [-0.4, -0.2) is 17.5 Å². The summed E-state index contributed by atoms with van der Waals surface area (Å²) < 4.78 is 0. The minimum Gasteiger partial charge on any atom is -0.309 e. The van der Waals surface area contributed by atoms with Gasteiger partial charge >= 0.3 is 0 Å². The summed E-state index contributed by atoms with van der Waals surface area (Å²) in [4.78, 5) is 0. The number of rotatable bonds is 4. The van der Waals surface area contributed by atoms with E-state index in [1.165, 1.54) is 36.0 Å². The highest BCUT2D eigenvalue weighted by Crippen LogP contribution is 2.28. The Hall–Kier alpha value is -0.470. The van der Waals surface area contributed by atoms with Crippen LogP contribution in [0.15, 0.2) is 18.2 Å². The first-order valence-corrected chi connectivity index (χ1v) is 7.82. The molecule has 1 fully saturated rings. The van der Waals surface area contributed by atoms with Crippen LogP contribution >= 0.6 is 11.8 Å². The summed E-state index contributed by atoms with van der Waals surface area (Å²) in [5.74, 6) is 0. The molecule has 0 saturated heterocycles. The van der Waals surface area contributed by atoms with E-state index in [0.717, 1.165) is 11.8 Å². The summed E-state index contributed by atoms with van der Waals surface area (Å²) >= 11 is 2.02. The molecular formula is C15H23NS. The molecule has 1 nitrogen and oxygen atoms in total. The molecule has 2 atom stereocenters. The first-order chi connectivity index (χ1) is 8.20. The number of benzene rings is 1. The van der Waals surface area contributed by atoms with Gasteiger partial charge in [0, 0.05) is 17.8 Å². The molecule has 2 heteroatoms. The molecular weight excluding hydrogens is 226 g/mol. The number of nitrogens with one attached hydrogen (secondary N) is 1. The lowest BCUT2D eigenvalue weighted by molar-refractivity contribution is 0.531. The minimum atomic E-state index is 0.713. The van der Waals surface area contributed by atoms with E-state index in [-0.39, 0.29) is 0 Å². The van der Waals surface area contributed by atoms with E-state index in [2.05, 4.69) is 43.6 Å². The highest BCUT2D eigenvalue weighted by Gasteiger charge is 2.25. The Morgan fingerprint density at radius 2 is 2.12 bits per heavy atom. The van der Waals surface area contributed by atoms with Gasteiger partial charge in [-0.1, -0.05) is 30.2 Å². The fraction of sp³-hybridized carbons (Fsp3) is 0.600. The molecule has 1 aliphatic rings. The van der Waals surface area contributed by atoms with Crippen molar-refractivity contribution < 1.29 is 0 Å². The van der Waals surface area contributed by atoms with E-state index < -0.39 is 0 Å². The van der Waals surface area contributed by atoms with Gasteiger partial charge in [-0.25, -0.2) is 0 Å². The molecule has 0 radical (unpaired) electrons. The van der Waals surface area contributed by atoms with Crippen LogP contribution in [0.4, 0.5) is 0 Å². The topological polar surface area (TPSA) is 12.0 Å². The van der Waals surface area contributed by atoms with Crippen molar-refractivity contribution in [3.8, 4) is 0 Å². The van der Waals surface area contributed by atoms with E-state index in [9.17, 15) is 0 Å². The molecule has 17 heavy (non-hydrogen) atoms. The zero-order valence-corrected chi connectivity index (χ0v) is 11.9. The van der Waals surface area contributed by atoms with Crippen LogP contribution < -0.4 is 5.32 Å². The SMILES string of the molecule is CSC1CCCC1NCc1cc(C)ccc1C. The molecule has 1 aromatic carbocycles. The predicted octanol–water partition coefficient (Wildman–Crippen LogP) is 3.68. The van der Waals surface area contributed by atoms with Gasteiger partial charge in [0.2, 0.25) is 0 Å². The van der Waals surface area contributed by atoms with Crippen molar-refractivity contribution in [2.45, 2.75) is 50.9 Å². The van der Waals surface area contributed by atoms with Gasteiger partial charge in [-0.2, -0.15) is 11.8 Å². The number of hydrogen-bond donors (Lipinski definition) is 1. The average Bonchev–Trinajstić information content (AvgIpc) is 2.77. The van der Waals surface area contributed by atoms with Crippen LogP contribution in [0.1, 0.15) is 36.0 Å². The third kappa shape index (κ3) is 3.26. The maximum absolute atomic E-state index is 3.75. The Balaban J connectivity index is 1.95. The zero-order chi connectivity index (χ0) is 12.3. The Labute approximate surface area is 109 Å². The fourth-order valence-corrected chi connectivity index (χ4v) is 3.64. The fourth-order valence-electron chi connectivity index (χ4n) is 2.67. The molecule has 0 aliphatic heterocycles. The van der Waals surface area contributed by atoms with E-state index in [4.69, 9.17) is 0 Å². The van der Waals surface area contributed by atoms with Crippen molar-refractivity contribution >= 4 is 11.8 Å². The highest BCUT2D eigenvalue weighted by molar-refractivity contribution is 7.99. The monoisotopic (exact) mass is 249 g/mol. The first kappa shape index (κ1) is 13.0. The molecule has 0 spiro atoms. The largest absolute Gasteiger partial charge is 0.309 e. The van der Waals surface area contributed by atoms with E-state index in [1.54, 1.807) is 0 Å². The third-order valence-corrected chi connectivity index (χ3v) is 4.98. The smallest absolute Gasteiger partial charge is 0.0211 e. The summed E-state index contributed by atoms with van der Waals surface area (Å²) in [5.41, 5.74) is 4.22. The van der Waals surface area contributed by atoms with Crippen LogP contribution in [-0.2, 0) is 6.54 Å². The Bertz CT molecular complexity index is 375. The Kier molecular flexibility index (Phi) is 4.52. The lowest BCUT2D eigenvalue weighted by Crippen LogP contribution is -2.33. The highest BCUT2D eigenvalue weighted by atomic mass is 32.2. The Morgan fingerprint density at radius 1 is 1.29 bits per heavy atom. The number of aryl methyl sites for hydroxylation is 2. The quantitative estimate of drug-likeness (QED) is 0.873. The summed E-state index contributed by atoms with van der Waals surface area (Å²) in [7, 11) is 0. The lowest BCUT2D eigenvalue weighted by atomic mass is 10.1. The van der Waals surface area contributed by atoms with Crippen molar-refractivity contribution in [2.75, 3.05) is 6.26 Å². The van der Waals surface area contributed by atoms with Crippen LogP contribution in [0.25, 0.3) is 0 Å². The van der Waals surface area contributed by atoms with Crippen molar-refractivity contribution in [1.29, 1.82) is 0 Å². The van der Waals surface area contributed by atoms with Crippen LogP contribution in [0.3, 0.4) is 0 Å². The van der Waals surface area contributed by atoms with E-state index in [0.29, 0.717) is 6.04 Å². The normalized spacial score (nSPS) is 24.2.